The molecule has 15 nitrogen and oxygen atoms in total. The molecule has 0 radical (unpaired) electrons. The third kappa shape index (κ3) is 9.35. The molecule has 0 unspecified atom stereocenters. The van der Waals surface area contributed by atoms with E-state index >= 15 is 0 Å². The Kier molecular flexibility index (Phi) is 11.1. The lowest BCUT2D eigenvalue weighted by atomic mass is 10.1. The fraction of sp³-hybridized carbons (Fsp3) is 0.345. The summed E-state index contributed by atoms with van der Waals surface area (Å²) < 4.78 is 5.31. The minimum Gasteiger partial charge on any atom is -0.460 e. The Morgan fingerprint density at radius 2 is 1.70 bits per heavy atom. The van der Waals surface area contributed by atoms with Crippen LogP contribution in [-0.2, 0) is 23.9 Å². The lowest BCUT2D eigenvalue weighted by Gasteiger charge is -2.26. The third-order valence-electron chi connectivity index (χ3n) is 6.05. The highest BCUT2D eigenvalue weighted by molar-refractivity contribution is 6.11. The average Bonchev–Trinajstić information content (AvgIpc) is 3.06. The highest BCUT2D eigenvalue weighted by Crippen LogP contribution is 2.33. The van der Waals surface area contributed by atoms with E-state index in [1.54, 1.807) is 63.2 Å². The van der Waals surface area contributed by atoms with Crippen molar-refractivity contribution in [1.82, 2.24) is 16.1 Å². The summed E-state index contributed by atoms with van der Waals surface area (Å²) in [6.07, 6.45) is 0.710. The molecule has 6 N–H and O–H groups in total. The maximum Gasteiger partial charge on any atom is 0.332 e. The fourth-order valence-corrected chi connectivity index (χ4v) is 4.30. The van der Waals surface area contributed by atoms with Gasteiger partial charge in [0, 0.05) is 11.8 Å². The van der Waals surface area contributed by atoms with Crippen molar-refractivity contribution in [3.8, 4) is 0 Å². The zero-order valence-corrected chi connectivity index (χ0v) is 24.5. The van der Waals surface area contributed by atoms with Crippen LogP contribution in [0.4, 0.5) is 16.2 Å². The van der Waals surface area contributed by atoms with E-state index in [0.29, 0.717) is 0 Å². The number of rotatable bonds is 10. The number of hydrazone groups is 1. The van der Waals surface area contributed by atoms with Gasteiger partial charge in [-0.25, -0.2) is 10.2 Å². The van der Waals surface area contributed by atoms with Crippen LogP contribution in [-0.4, -0.2) is 84.3 Å². The van der Waals surface area contributed by atoms with Crippen LogP contribution < -0.4 is 31.6 Å². The molecule has 3 rings (SSSR count). The predicted molar refractivity (Wildman–Crippen MR) is 160 cm³/mol. The van der Waals surface area contributed by atoms with Gasteiger partial charge >= 0.3 is 12.0 Å². The van der Waals surface area contributed by atoms with Crippen LogP contribution >= 0.6 is 0 Å². The van der Waals surface area contributed by atoms with Crippen molar-refractivity contribution in [3.05, 3.63) is 60.2 Å². The molecule has 6 amide bonds. The Labute approximate surface area is 253 Å². The highest BCUT2D eigenvalue weighted by Gasteiger charge is 2.37. The number of aliphatic hydroxyl groups excluding tert-OH is 1. The molecule has 2 aromatic rings. The molecular formula is C29H35N7O8. The second-order valence-electron chi connectivity index (χ2n) is 10.7. The van der Waals surface area contributed by atoms with Gasteiger partial charge in [-0.3, -0.25) is 28.9 Å². The summed E-state index contributed by atoms with van der Waals surface area (Å²) in [5.74, 6) is -3.45. The number of fused-ring (bicyclic) bond motifs is 1. The largest absolute Gasteiger partial charge is 0.460 e. The summed E-state index contributed by atoms with van der Waals surface area (Å²) in [5.41, 5.74) is 6.85. The number of nitrogens with two attached hydrogens (primary N) is 1. The van der Waals surface area contributed by atoms with Gasteiger partial charge in [-0.1, -0.05) is 30.3 Å². The number of anilines is 2. The van der Waals surface area contributed by atoms with Crippen molar-refractivity contribution >= 4 is 53.2 Å². The molecule has 2 aromatic carbocycles. The zero-order chi connectivity index (χ0) is 32.4. The maximum atomic E-state index is 13.9. The number of amides is 6. The van der Waals surface area contributed by atoms with Crippen molar-refractivity contribution in [1.29, 1.82) is 0 Å². The molecule has 0 aromatic heterocycles. The molecule has 2 atom stereocenters. The van der Waals surface area contributed by atoms with Crippen LogP contribution in [0.5, 0.6) is 0 Å². The number of primary amides is 1. The van der Waals surface area contributed by atoms with E-state index in [0.717, 1.165) is 16.0 Å². The molecule has 1 heterocycles. The molecule has 1 aliphatic heterocycles. The van der Waals surface area contributed by atoms with E-state index in [9.17, 15) is 33.9 Å². The molecule has 0 aliphatic carbocycles. The van der Waals surface area contributed by atoms with E-state index in [4.69, 9.17) is 10.5 Å². The number of hydrogen-bond donors (Lipinski definition) is 5. The van der Waals surface area contributed by atoms with Gasteiger partial charge in [0.25, 0.3) is 17.7 Å². The number of ether oxygens (including phenoxy) is 1. The summed E-state index contributed by atoms with van der Waals surface area (Å²) in [6, 6.07) is 11.0. The van der Waals surface area contributed by atoms with E-state index in [1.165, 1.54) is 12.1 Å². The van der Waals surface area contributed by atoms with Crippen LogP contribution in [0.2, 0.25) is 0 Å². The lowest BCUT2D eigenvalue weighted by Crippen LogP contribution is -2.55. The third-order valence-corrected chi connectivity index (χ3v) is 6.05. The summed E-state index contributed by atoms with van der Waals surface area (Å²) in [4.78, 5) is 78.8. The average molecular weight is 610 g/mol. The van der Waals surface area contributed by atoms with Gasteiger partial charge in [0.05, 0.1) is 30.4 Å². The van der Waals surface area contributed by atoms with Crippen molar-refractivity contribution in [2.45, 2.75) is 44.9 Å². The molecule has 15 heteroatoms. The van der Waals surface area contributed by atoms with E-state index in [-0.39, 0.29) is 29.9 Å². The fourth-order valence-electron chi connectivity index (χ4n) is 4.30. The number of nitrogens with zero attached hydrogens (tertiary/aromatic N) is 3. The van der Waals surface area contributed by atoms with Crippen LogP contribution in [0, 0.1) is 0 Å². The monoisotopic (exact) mass is 609 g/mol. The zero-order valence-electron chi connectivity index (χ0n) is 24.5. The van der Waals surface area contributed by atoms with Gasteiger partial charge in [0.15, 0.2) is 0 Å². The van der Waals surface area contributed by atoms with Crippen LogP contribution in [0.1, 0.15) is 37.6 Å². The first kappa shape index (κ1) is 33.2. The minimum atomic E-state index is -1.31. The molecule has 0 spiro atoms. The molecule has 0 saturated carbocycles. The topological polar surface area (TPSA) is 213 Å². The first-order valence-electron chi connectivity index (χ1n) is 13.6. The summed E-state index contributed by atoms with van der Waals surface area (Å²) in [6.45, 7) is 3.22. The Balaban J connectivity index is 1.92. The molecule has 234 valence electrons. The number of aliphatic hydroxyl groups is 1. The van der Waals surface area contributed by atoms with Crippen molar-refractivity contribution in [2.75, 3.05) is 29.5 Å². The van der Waals surface area contributed by atoms with Crippen molar-refractivity contribution < 1.29 is 38.6 Å². The van der Waals surface area contributed by atoms with Crippen LogP contribution in [0.3, 0.4) is 0 Å². The number of carbonyl (C=O) groups is 6. The quantitative estimate of drug-likeness (QED) is 0.140. The Hall–Kier alpha value is -5.31. The summed E-state index contributed by atoms with van der Waals surface area (Å²) >= 11 is 0. The molecule has 0 fully saturated rings. The van der Waals surface area contributed by atoms with Crippen LogP contribution in [0.15, 0.2) is 59.7 Å². The number of esters is 1. The summed E-state index contributed by atoms with van der Waals surface area (Å²) in [7, 11) is 0. The molecular weight excluding hydrogens is 574 g/mol. The van der Waals surface area contributed by atoms with E-state index < -0.39 is 66.5 Å². The van der Waals surface area contributed by atoms with Gasteiger partial charge in [-0.2, -0.15) is 5.10 Å². The Morgan fingerprint density at radius 3 is 2.32 bits per heavy atom. The lowest BCUT2D eigenvalue weighted by molar-refractivity contribution is -0.155. The van der Waals surface area contributed by atoms with Gasteiger partial charge in [0.2, 0.25) is 5.91 Å². The number of benzene rings is 2. The van der Waals surface area contributed by atoms with Crippen LogP contribution in [0.25, 0.3) is 0 Å². The summed E-state index contributed by atoms with van der Waals surface area (Å²) in [5, 5.41) is 18.5. The molecule has 0 saturated heterocycles. The predicted octanol–water partition coefficient (Wildman–Crippen LogP) is 0.0278. The number of para-hydroxylation sites is 2. The molecule has 0 bridgehead atoms. The maximum absolute atomic E-state index is 13.9. The first-order chi connectivity index (χ1) is 20.8. The Morgan fingerprint density at radius 1 is 1.07 bits per heavy atom. The number of nitrogens with one attached hydrogen (secondary N) is 3. The van der Waals surface area contributed by atoms with Gasteiger partial charge in [-0.15, -0.1) is 0 Å². The van der Waals surface area contributed by atoms with E-state index in [2.05, 4.69) is 15.7 Å². The van der Waals surface area contributed by atoms with E-state index in [1.807, 2.05) is 5.43 Å². The second-order valence-corrected chi connectivity index (χ2v) is 10.7. The number of hydrogen-bond acceptors (Lipinski definition) is 9. The Bertz CT molecular complexity index is 1420. The second kappa shape index (κ2) is 14.7. The SMILES string of the molecule is CC(C)(C)OC(=O)C[C@@H](C=NNC(N)=O)NC(=O)CN1C(=O)[C@@H](NC(=O)c2ccccc2)CN(C(=O)CO)c2ccccc21. The first-order valence-corrected chi connectivity index (χ1v) is 13.6. The normalized spacial score (nSPS) is 15.5. The highest BCUT2D eigenvalue weighted by atomic mass is 16.6. The number of carbonyl (C=O) groups excluding carboxylic acids is 6. The smallest absolute Gasteiger partial charge is 0.332 e. The molecule has 44 heavy (non-hydrogen) atoms. The van der Waals surface area contributed by atoms with Crippen molar-refractivity contribution in [2.24, 2.45) is 10.8 Å². The van der Waals surface area contributed by atoms with Gasteiger partial charge in [-0.05, 0) is 45.0 Å². The van der Waals surface area contributed by atoms with Crippen molar-refractivity contribution in [3.63, 3.8) is 0 Å². The molecule has 1 aliphatic rings. The number of urea groups is 1. The minimum absolute atomic E-state index is 0.165. The standard InChI is InChI=1S/C29H35N7O8/c1-29(2,3)44-25(40)13-19(14-31-34-28(30)43)32-23(38)16-36-22-12-8-7-11-21(22)35(24(39)17-37)15-20(27(36)42)33-26(41)18-9-5-4-6-10-18/h4-12,14,19-20,37H,13,15-17H2,1-3H3,(H,32,38)(H,33,41)(H3,30,34,43)/t19-,20-/m0/s1. The van der Waals surface area contributed by atoms with Gasteiger partial charge in [0.1, 0.15) is 24.8 Å². The van der Waals surface area contributed by atoms with Gasteiger partial charge < -0.3 is 31.1 Å².